The van der Waals surface area contributed by atoms with Gasteiger partial charge >= 0.3 is 0 Å². The molecule has 1 saturated heterocycles. The third kappa shape index (κ3) is 4.62. The Morgan fingerprint density at radius 3 is 2.52 bits per heavy atom. The van der Waals surface area contributed by atoms with Crippen LogP contribution in [0.3, 0.4) is 0 Å². The van der Waals surface area contributed by atoms with Gasteiger partial charge in [0.1, 0.15) is 0 Å². The van der Waals surface area contributed by atoms with Crippen molar-refractivity contribution >= 4 is 40.0 Å². The number of para-hydroxylation sites is 1. The molecule has 0 unspecified atom stereocenters. The van der Waals surface area contributed by atoms with Gasteiger partial charge in [0.05, 0.1) is 10.0 Å². The Morgan fingerprint density at radius 2 is 1.84 bits per heavy atom. The lowest BCUT2D eigenvalue weighted by atomic mass is 9.87. The van der Waals surface area contributed by atoms with Crippen LogP contribution in [0.15, 0.2) is 42.6 Å². The first-order valence-corrected chi connectivity index (χ1v) is 11.8. The molecule has 1 aromatic heterocycles. The number of H-pyrrole nitrogens is 1. The second-order valence-electron chi connectivity index (χ2n) is 8.18. The molecule has 1 N–H and O–H groups in total. The number of amides is 1. The molecule has 6 heteroatoms. The summed E-state index contributed by atoms with van der Waals surface area (Å²) < 4.78 is 0. The molecule has 31 heavy (non-hydrogen) atoms. The molecule has 4 rings (SSSR count). The third-order valence-electron chi connectivity index (χ3n) is 6.49. The van der Waals surface area contributed by atoms with Crippen molar-refractivity contribution in [2.75, 3.05) is 32.7 Å². The molecule has 2 aromatic carbocycles. The molecule has 0 aliphatic carbocycles. The molecule has 1 fully saturated rings. The Balaban J connectivity index is 1.69. The Bertz CT molecular complexity index is 1070. The van der Waals surface area contributed by atoms with Crippen molar-refractivity contribution in [1.29, 1.82) is 0 Å². The quantitative estimate of drug-likeness (QED) is 0.513. The number of aromatic nitrogens is 1. The van der Waals surface area contributed by atoms with E-state index in [0.29, 0.717) is 16.5 Å². The summed E-state index contributed by atoms with van der Waals surface area (Å²) in [5.41, 5.74) is 4.56. The van der Waals surface area contributed by atoms with Crippen LogP contribution in [0.2, 0.25) is 10.0 Å². The Labute approximate surface area is 194 Å². The first-order chi connectivity index (χ1) is 15.0. The molecule has 1 aliphatic rings. The minimum atomic E-state index is -0.0904. The molecule has 1 amide bonds. The van der Waals surface area contributed by atoms with E-state index in [2.05, 4.69) is 48.1 Å². The highest BCUT2D eigenvalue weighted by molar-refractivity contribution is 6.42. The van der Waals surface area contributed by atoms with Gasteiger partial charge in [-0.05, 0) is 41.8 Å². The van der Waals surface area contributed by atoms with E-state index in [-0.39, 0.29) is 11.8 Å². The maximum atomic E-state index is 13.3. The summed E-state index contributed by atoms with van der Waals surface area (Å²) in [5.74, 6) is 0.0974. The molecule has 0 saturated carbocycles. The lowest BCUT2D eigenvalue weighted by Gasteiger charge is -2.35. The van der Waals surface area contributed by atoms with Crippen molar-refractivity contribution in [3.05, 3.63) is 69.3 Å². The number of halogens is 2. The molecule has 1 aliphatic heterocycles. The van der Waals surface area contributed by atoms with Crippen molar-refractivity contribution in [3.63, 3.8) is 0 Å². The zero-order valence-corrected chi connectivity index (χ0v) is 19.6. The highest BCUT2D eigenvalue weighted by Gasteiger charge is 2.27. The normalized spacial score (nSPS) is 16.1. The van der Waals surface area contributed by atoms with Crippen LogP contribution in [0.1, 0.15) is 42.9 Å². The smallest absolute Gasteiger partial charge is 0.223 e. The molecule has 0 bridgehead atoms. The van der Waals surface area contributed by atoms with Gasteiger partial charge in [0, 0.05) is 55.6 Å². The fourth-order valence-electron chi connectivity index (χ4n) is 4.58. The van der Waals surface area contributed by atoms with Gasteiger partial charge in [0.2, 0.25) is 5.91 Å². The van der Waals surface area contributed by atoms with Gasteiger partial charge in [-0.1, -0.05) is 61.3 Å². The van der Waals surface area contributed by atoms with Crippen molar-refractivity contribution in [1.82, 2.24) is 14.8 Å². The van der Waals surface area contributed by atoms with Crippen LogP contribution in [0, 0.1) is 0 Å². The minimum absolute atomic E-state index is 0.0904. The highest BCUT2D eigenvalue weighted by Crippen LogP contribution is 2.37. The number of carbonyl (C=O) groups is 1. The molecule has 0 radical (unpaired) electrons. The number of rotatable bonds is 6. The van der Waals surface area contributed by atoms with E-state index in [1.807, 2.05) is 23.1 Å². The number of hydrogen-bond acceptors (Lipinski definition) is 2. The zero-order chi connectivity index (χ0) is 22.0. The van der Waals surface area contributed by atoms with E-state index < -0.39 is 0 Å². The number of fused-ring (bicyclic) bond motifs is 1. The van der Waals surface area contributed by atoms with E-state index in [1.165, 1.54) is 10.9 Å². The highest BCUT2D eigenvalue weighted by atomic mass is 35.5. The summed E-state index contributed by atoms with van der Waals surface area (Å²) in [6.07, 6.45) is 3.42. The molecular formula is C25H29Cl2N3O. The van der Waals surface area contributed by atoms with Gasteiger partial charge < -0.3 is 14.8 Å². The van der Waals surface area contributed by atoms with E-state index >= 15 is 0 Å². The standard InChI is InChI=1S/C25H29Cl2N3O/c1-3-17-6-5-7-19-21(16-28-25(17)19)20(18-8-9-22(26)23(27)14-18)15-24(31)30-12-10-29(4-2)11-13-30/h5-9,14,16,20,28H,3-4,10-13,15H2,1-2H3/t20-/m1/s1. The lowest BCUT2D eigenvalue weighted by Crippen LogP contribution is -2.48. The van der Waals surface area contributed by atoms with Crippen LogP contribution in [-0.2, 0) is 11.2 Å². The number of carbonyl (C=O) groups excluding carboxylic acids is 1. The predicted octanol–water partition coefficient (Wildman–Crippen LogP) is 5.72. The largest absolute Gasteiger partial charge is 0.361 e. The molecule has 2 heterocycles. The number of piperazine rings is 1. The summed E-state index contributed by atoms with van der Waals surface area (Å²) in [6.45, 7) is 8.80. The number of benzene rings is 2. The predicted molar refractivity (Wildman–Crippen MR) is 129 cm³/mol. The van der Waals surface area contributed by atoms with Crippen LogP contribution in [0.5, 0.6) is 0 Å². The zero-order valence-electron chi connectivity index (χ0n) is 18.1. The first-order valence-electron chi connectivity index (χ1n) is 11.1. The summed E-state index contributed by atoms with van der Waals surface area (Å²) in [6, 6.07) is 12.1. The second-order valence-corrected chi connectivity index (χ2v) is 9.00. The van der Waals surface area contributed by atoms with Gasteiger partial charge in [0.25, 0.3) is 0 Å². The van der Waals surface area contributed by atoms with Crippen LogP contribution in [0.25, 0.3) is 10.9 Å². The summed E-state index contributed by atoms with van der Waals surface area (Å²) in [4.78, 5) is 21.2. The third-order valence-corrected chi connectivity index (χ3v) is 7.23. The van der Waals surface area contributed by atoms with Crippen molar-refractivity contribution in [3.8, 4) is 0 Å². The van der Waals surface area contributed by atoms with Crippen molar-refractivity contribution < 1.29 is 4.79 Å². The SMILES string of the molecule is CCc1cccc2c([C@H](CC(=O)N3CCN(CC)CC3)c3ccc(Cl)c(Cl)c3)c[nH]c12. The van der Waals surface area contributed by atoms with Gasteiger partial charge in [-0.15, -0.1) is 0 Å². The molecule has 1 atom stereocenters. The van der Waals surface area contributed by atoms with Gasteiger partial charge in [-0.3, -0.25) is 4.79 Å². The fourth-order valence-corrected chi connectivity index (χ4v) is 4.88. The minimum Gasteiger partial charge on any atom is -0.361 e. The number of aromatic amines is 1. The van der Waals surface area contributed by atoms with Crippen LogP contribution < -0.4 is 0 Å². The summed E-state index contributed by atoms with van der Waals surface area (Å²) in [7, 11) is 0. The van der Waals surface area contributed by atoms with Gasteiger partial charge in [0.15, 0.2) is 0 Å². The Kier molecular flexibility index (Phi) is 6.90. The van der Waals surface area contributed by atoms with Crippen molar-refractivity contribution in [2.24, 2.45) is 0 Å². The van der Waals surface area contributed by atoms with E-state index in [4.69, 9.17) is 23.2 Å². The Morgan fingerprint density at radius 1 is 1.06 bits per heavy atom. The van der Waals surface area contributed by atoms with E-state index in [0.717, 1.165) is 55.8 Å². The van der Waals surface area contributed by atoms with Crippen LogP contribution >= 0.6 is 23.2 Å². The number of likely N-dealkylation sites (N-methyl/N-ethyl adjacent to an activating group) is 1. The van der Waals surface area contributed by atoms with Gasteiger partial charge in [-0.2, -0.15) is 0 Å². The van der Waals surface area contributed by atoms with Gasteiger partial charge in [-0.25, -0.2) is 0 Å². The topological polar surface area (TPSA) is 39.3 Å². The number of nitrogens with one attached hydrogen (secondary N) is 1. The average molecular weight is 458 g/mol. The number of nitrogens with zero attached hydrogens (tertiary/aromatic N) is 2. The monoisotopic (exact) mass is 457 g/mol. The molecule has 0 spiro atoms. The van der Waals surface area contributed by atoms with E-state index in [9.17, 15) is 4.79 Å². The Hall–Kier alpha value is -2.01. The maximum Gasteiger partial charge on any atom is 0.223 e. The van der Waals surface area contributed by atoms with Crippen LogP contribution in [-0.4, -0.2) is 53.4 Å². The number of aryl methyl sites for hydroxylation is 1. The summed E-state index contributed by atoms with van der Waals surface area (Å²) in [5, 5.41) is 2.21. The fraction of sp³-hybridized carbons (Fsp3) is 0.400. The lowest BCUT2D eigenvalue weighted by molar-refractivity contribution is -0.133. The summed E-state index contributed by atoms with van der Waals surface area (Å²) >= 11 is 12.5. The van der Waals surface area contributed by atoms with E-state index in [1.54, 1.807) is 0 Å². The second kappa shape index (κ2) is 9.64. The molecule has 3 aromatic rings. The molecular weight excluding hydrogens is 429 g/mol. The molecule has 4 nitrogen and oxygen atoms in total. The maximum absolute atomic E-state index is 13.3. The van der Waals surface area contributed by atoms with Crippen LogP contribution in [0.4, 0.5) is 0 Å². The molecule has 164 valence electrons. The number of hydrogen-bond donors (Lipinski definition) is 1. The first kappa shape index (κ1) is 22.2. The van der Waals surface area contributed by atoms with Crippen molar-refractivity contribution in [2.45, 2.75) is 32.6 Å². The average Bonchev–Trinajstić information content (AvgIpc) is 3.23.